The van der Waals surface area contributed by atoms with Crippen molar-refractivity contribution < 1.29 is 14.3 Å². The number of rotatable bonds is 5. The van der Waals surface area contributed by atoms with Gasteiger partial charge in [-0.25, -0.2) is 4.79 Å². The van der Waals surface area contributed by atoms with Gasteiger partial charge in [-0.15, -0.1) is 0 Å². The number of hydrogen-bond acceptors (Lipinski definition) is 3. The molecule has 1 aromatic rings. The molecule has 0 spiro atoms. The van der Waals surface area contributed by atoms with Gasteiger partial charge in [0, 0.05) is 0 Å². The molecule has 6 heteroatoms. The van der Waals surface area contributed by atoms with Crippen LogP contribution in [0.4, 0.5) is 4.79 Å². The van der Waals surface area contributed by atoms with E-state index in [2.05, 4.69) is 5.32 Å². The van der Waals surface area contributed by atoms with Crippen LogP contribution >= 0.6 is 23.2 Å². The first kappa shape index (κ1) is 17.8. The molecule has 116 valence electrons. The number of nitrogens with one attached hydrogen (secondary N) is 1. The fourth-order valence-corrected chi connectivity index (χ4v) is 1.98. The summed E-state index contributed by atoms with van der Waals surface area (Å²) < 4.78 is 5.15. The fraction of sp³-hybridized carbons (Fsp3) is 0.467. The number of amides is 1. The number of carbonyl (C=O) groups is 2. The van der Waals surface area contributed by atoms with E-state index in [1.165, 1.54) is 0 Å². The molecular weight excluding hydrogens is 313 g/mol. The van der Waals surface area contributed by atoms with Crippen molar-refractivity contribution in [3.63, 3.8) is 0 Å². The van der Waals surface area contributed by atoms with Gasteiger partial charge in [-0.3, -0.25) is 4.79 Å². The monoisotopic (exact) mass is 331 g/mol. The molecule has 21 heavy (non-hydrogen) atoms. The van der Waals surface area contributed by atoms with Crippen molar-refractivity contribution in [3.8, 4) is 0 Å². The first-order valence-electron chi connectivity index (χ1n) is 6.54. The lowest BCUT2D eigenvalue weighted by atomic mass is 10.0. The number of alkyl halides is 2. The Balaban J connectivity index is 2.78. The van der Waals surface area contributed by atoms with Crippen molar-refractivity contribution in [2.24, 2.45) is 0 Å². The van der Waals surface area contributed by atoms with Crippen molar-refractivity contribution in [2.75, 3.05) is 0 Å². The third-order valence-corrected chi connectivity index (χ3v) is 2.96. The van der Waals surface area contributed by atoms with Gasteiger partial charge in [-0.05, 0) is 32.8 Å². The number of ketones is 1. The Morgan fingerprint density at radius 2 is 1.76 bits per heavy atom. The highest BCUT2D eigenvalue weighted by Gasteiger charge is 2.27. The summed E-state index contributed by atoms with van der Waals surface area (Å²) in [5.74, 6) is -0.465. The number of ether oxygens (including phenoxy) is 1. The van der Waals surface area contributed by atoms with Gasteiger partial charge in [-0.2, -0.15) is 0 Å². The Bertz CT molecular complexity index is 483. The zero-order chi connectivity index (χ0) is 16.0. The van der Waals surface area contributed by atoms with E-state index >= 15 is 0 Å². The highest BCUT2D eigenvalue weighted by atomic mass is 35.5. The molecule has 0 aliphatic rings. The van der Waals surface area contributed by atoms with Crippen molar-refractivity contribution in [3.05, 3.63) is 35.9 Å². The second-order valence-corrected chi connectivity index (χ2v) is 6.69. The van der Waals surface area contributed by atoms with Crippen LogP contribution in [0.1, 0.15) is 26.3 Å². The van der Waals surface area contributed by atoms with Gasteiger partial charge in [0.2, 0.25) is 0 Å². The van der Waals surface area contributed by atoms with Gasteiger partial charge in [0.25, 0.3) is 0 Å². The maximum Gasteiger partial charge on any atom is 0.408 e. The van der Waals surface area contributed by atoms with Gasteiger partial charge in [0.1, 0.15) is 5.60 Å². The van der Waals surface area contributed by atoms with Gasteiger partial charge < -0.3 is 10.1 Å². The number of hydrogen-bond donors (Lipinski definition) is 1. The summed E-state index contributed by atoms with van der Waals surface area (Å²) in [4.78, 5) is 22.6. The van der Waals surface area contributed by atoms with Crippen LogP contribution in [0.25, 0.3) is 0 Å². The lowest BCUT2D eigenvalue weighted by molar-refractivity contribution is -0.119. The largest absolute Gasteiger partial charge is 0.444 e. The number of benzene rings is 1. The Kier molecular flexibility index (Phi) is 6.49. The predicted molar refractivity (Wildman–Crippen MR) is 83.8 cm³/mol. The Morgan fingerprint density at radius 1 is 1.19 bits per heavy atom. The Morgan fingerprint density at radius 3 is 2.24 bits per heavy atom. The zero-order valence-electron chi connectivity index (χ0n) is 12.2. The lowest BCUT2D eigenvalue weighted by Gasteiger charge is -2.23. The zero-order valence-corrected chi connectivity index (χ0v) is 13.7. The quantitative estimate of drug-likeness (QED) is 0.840. The number of alkyl carbamates (subject to hydrolysis) is 1. The van der Waals surface area contributed by atoms with Crippen molar-refractivity contribution >= 4 is 35.1 Å². The van der Waals surface area contributed by atoms with E-state index in [0.717, 1.165) is 5.56 Å². The predicted octanol–water partition coefficient (Wildman–Crippen LogP) is 3.50. The van der Waals surface area contributed by atoms with E-state index < -0.39 is 28.4 Å². The number of halogens is 2. The van der Waals surface area contributed by atoms with Crippen LogP contribution in [-0.2, 0) is 16.0 Å². The summed E-state index contributed by atoms with van der Waals surface area (Å²) in [6.07, 6.45) is -0.375. The molecule has 1 atom stereocenters. The van der Waals surface area contributed by atoms with Crippen LogP contribution in [0.5, 0.6) is 0 Å². The molecule has 1 rings (SSSR count). The highest BCUT2D eigenvalue weighted by molar-refractivity contribution is 6.54. The van der Waals surface area contributed by atoms with E-state index in [1.807, 2.05) is 30.3 Å². The van der Waals surface area contributed by atoms with Gasteiger partial charge in [-0.1, -0.05) is 53.5 Å². The van der Waals surface area contributed by atoms with Crippen molar-refractivity contribution in [2.45, 2.75) is 43.7 Å². The van der Waals surface area contributed by atoms with E-state index in [4.69, 9.17) is 27.9 Å². The van der Waals surface area contributed by atoms with E-state index in [9.17, 15) is 9.59 Å². The van der Waals surface area contributed by atoms with E-state index in [1.54, 1.807) is 20.8 Å². The topological polar surface area (TPSA) is 55.4 Å². The second-order valence-electron chi connectivity index (χ2n) is 5.59. The molecule has 0 aliphatic heterocycles. The van der Waals surface area contributed by atoms with Crippen LogP contribution in [0.3, 0.4) is 0 Å². The Labute approximate surface area is 134 Å². The van der Waals surface area contributed by atoms with E-state index in [0.29, 0.717) is 6.42 Å². The maximum atomic E-state index is 12.0. The van der Waals surface area contributed by atoms with Gasteiger partial charge in [0.15, 0.2) is 10.6 Å². The molecule has 0 fully saturated rings. The molecule has 0 aliphatic carbocycles. The van der Waals surface area contributed by atoms with Crippen molar-refractivity contribution in [1.82, 2.24) is 5.32 Å². The molecule has 1 amide bonds. The first-order valence-corrected chi connectivity index (χ1v) is 7.41. The normalized spacial score (nSPS) is 12.9. The minimum atomic E-state index is -1.20. The molecule has 0 saturated heterocycles. The minimum absolute atomic E-state index is 0.300. The minimum Gasteiger partial charge on any atom is -0.444 e. The molecule has 0 saturated carbocycles. The number of carbonyl (C=O) groups excluding carboxylic acids is 2. The van der Waals surface area contributed by atoms with Crippen LogP contribution in [0.15, 0.2) is 30.3 Å². The molecule has 0 heterocycles. The third-order valence-electron chi connectivity index (χ3n) is 2.53. The molecular formula is C15H19Cl2NO3. The maximum absolute atomic E-state index is 12.0. The van der Waals surface area contributed by atoms with Crippen LogP contribution in [-0.4, -0.2) is 28.4 Å². The molecule has 1 aromatic carbocycles. The molecule has 0 aromatic heterocycles. The molecule has 4 nitrogen and oxygen atoms in total. The van der Waals surface area contributed by atoms with Crippen molar-refractivity contribution in [1.29, 1.82) is 0 Å². The summed E-state index contributed by atoms with van der Waals surface area (Å²) >= 11 is 11.3. The molecule has 1 N–H and O–H groups in total. The van der Waals surface area contributed by atoms with Crippen LogP contribution in [0, 0.1) is 0 Å². The standard InChI is InChI=1S/C15H19Cl2NO3/c1-15(2,3)21-14(20)18-11(12(19)13(16)17)9-10-7-5-4-6-8-10/h4-8,11,13H,9H2,1-3H3,(H,18,20)/t11-/m0/s1. The Hall–Kier alpha value is -1.26. The SMILES string of the molecule is CC(C)(C)OC(=O)N[C@@H](Cc1ccccc1)C(=O)C(Cl)Cl. The summed E-state index contributed by atoms with van der Waals surface area (Å²) in [7, 11) is 0. The third kappa shape index (κ3) is 6.82. The summed E-state index contributed by atoms with van der Waals surface area (Å²) in [5.41, 5.74) is 0.243. The van der Waals surface area contributed by atoms with Crippen LogP contribution < -0.4 is 5.32 Å². The smallest absolute Gasteiger partial charge is 0.408 e. The highest BCUT2D eigenvalue weighted by Crippen LogP contribution is 2.13. The molecule has 0 bridgehead atoms. The number of Topliss-reactive ketones (excluding diaryl/α,β-unsaturated/α-hetero) is 1. The lowest BCUT2D eigenvalue weighted by Crippen LogP contribution is -2.46. The van der Waals surface area contributed by atoms with Gasteiger partial charge >= 0.3 is 6.09 Å². The van der Waals surface area contributed by atoms with E-state index in [-0.39, 0.29) is 0 Å². The average molecular weight is 332 g/mol. The second kappa shape index (κ2) is 7.66. The van der Waals surface area contributed by atoms with Gasteiger partial charge in [0.05, 0.1) is 6.04 Å². The summed E-state index contributed by atoms with van der Waals surface area (Å²) in [6, 6.07) is 8.45. The first-order chi connectivity index (χ1) is 9.69. The fourth-order valence-electron chi connectivity index (χ4n) is 1.67. The summed E-state index contributed by atoms with van der Waals surface area (Å²) in [6.45, 7) is 5.23. The summed E-state index contributed by atoms with van der Waals surface area (Å²) in [5, 5.41) is 2.52. The van der Waals surface area contributed by atoms with Crippen LogP contribution in [0.2, 0.25) is 0 Å². The molecule has 0 radical (unpaired) electrons. The average Bonchev–Trinajstić information content (AvgIpc) is 2.36. The molecule has 0 unspecified atom stereocenters.